The summed E-state index contributed by atoms with van der Waals surface area (Å²) in [5.74, 6) is -0.370. The summed E-state index contributed by atoms with van der Waals surface area (Å²) in [6.45, 7) is 1.90. The zero-order valence-electron chi connectivity index (χ0n) is 17.2. The lowest BCUT2D eigenvalue weighted by molar-refractivity contribution is 0.102. The number of sulfonamides is 1. The zero-order chi connectivity index (χ0) is 22.0. The molecule has 0 atom stereocenters. The van der Waals surface area contributed by atoms with Gasteiger partial charge in [0.05, 0.1) is 10.6 Å². The minimum absolute atomic E-state index is 0.0580. The largest absolute Gasteiger partial charge is 0.322 e. The van der Waals surface area contributed by atoms with E-state index in [4.69, 9.17) is 0 Å². The highest BCUT2D eigenvalue weighted by Gasteiger charge is 2.22. The molecule has 0 radical (unpaired) electrons. The number of amides is 1. The molecular formula is C25H22N2O3S. The first-order valence-corrected chi connectivity index (χ1v) is 11.2. The molecule has 5 nitrogen and oxygen atoms in total. The fraction of sp³-hybridized carbons (Fsp3) is 0.0800. The van der Waals surface area contributed by atoms with E-state index in [1.807, 2.05) is 61.5 Å². The maximum atomic E-state index is 13.1. The second-order valence-corrected chi connectivity index (χ2v) is 9.32. The van der Waals surface area contributed by atoms with Crippen LogP contribution >= 0.6 is 0 Å². The summed E-state index contributed by atoms with van der Waals surface area (Å²) in [5, 5.41) is 4.94. The van der Waals surface area contributed by atoms with Gasteiger partial charge in [-0.05, 0) is 65.7 Å². The smallest absolute Gasteiger partial charge is 0.264 e. The third kappa shape index (κ3) is 4.29. The highest BCUT2D eigenvalue weighted by Crippen LogP contribution is 2.24. The number of nitrogens with zero attached hydrogens (tertiary/aromatic N) is 1. The second kappa shape index (κ2) is 8.24. The van der Waals surface area contributed by atoms with E-state index in [1.165, 1.54) is 23.5 Å². The van der Waals surface area contributed by atoms with Crippen molar-refractivity contribution in [2.75, 3.05) is 16.7 Å². The Balaban J connectivity index is 1.60. The minimum atomic E-state index is -3.81. The van der Waals surface area contributed by atoms with Crippen LogP contribution in [0.25, 0.3) is 10.8 Å². The average Bonchev–Trinajstić information content (AvgIpc) is 2.78. The lowest BCUT2D eigenvalue weighted by atomic mass is 10.1. The number of anilines is 2. The van der Waals surface area contributed by atoms with Crippen LogP contribution in [-0.2, 0) is 10.0 Å². The summed E-state index contributed by atoms with van der Waals surface area (Å²) >= 11 is 0. The van der Waals surface area contributed by atoms with Gasteiger partial charge in [-0.1, -0.05) is 48.5 Å². The Morgan fingerprint density at radius 2 is 1.55 bits per heavy atom. The highest BCUT2D eigenvalue weighted by molar-refractivity contribution is 7.92. The summed E-state index contributed by atoms with van der Waals surface area (Å²) in [4.78, 5) is 12.9. The van der Waals surface area contributed by atoms with E-state index in [-0.39, 0.29) is 16.4 Å². The number of nitrogens with one attached hydrogen (secondary N) is 1. The first-order chi connectivity index (χ1) is 14.8. The molecule has 0 aliphatic carbocycles. The number of carbonyl (C=O) groups is 1. The molecule has 6 heteroatoms. The van der Waals surface area contributed by atoms with Gasteiger partial charge < -0.3 is 5.32 Å². The van der Waals surface area contributed by atoms with Gasteiger partial charge in [0, 0.05) is 18.3 Å². The van der Waals surface area contributed by atoms with Crippen LogP contribution < -0.4 is 9.62 Å². The molecule has 4 aromatic carbocycles. The van der Waals surface area contributed by atoms with Gasteiger partial charge in [0.25, 0.3) is 15.9 Å². The number of aryl methyl sites for hydroxylation is 1. The molecule has 0 spiro atoms. The molecule has 0 aromatic heterocycles. The molecule has 31 heavy (non-hydrogen) atoms. The molecule has 0 aliphatic rings. The highest BCUT2D eigenvalue weighted by atomic mass is 32.2. The Bertz CT molecular complexity index is 1380. The van der Waals surface area contributed by atoms with E-state index in [9.17, 15) is 13.2 Å². The lowest BCUT2D eigenvalue weighted by Gasteiger charge is -2.20. The molecule has 156 valence electrons. The van der Waals surface area contributed by atoms with Crippen molar-refractivity contribution in [3.8, 4) is 0 Å². The fourth-order valence-corrected chi connectivity index (χ4v) is 4.62. The predicted octanol–water partition coefficient (Wildman–Crippen LogP) is 5.23. The van der Waals surface area contributed by atoms with Gasteiger partial charge in [-0.2, -0.15) is 0 Å². The topological polar surface area (TPSA) is 66.5 Å². The van der Waals surface area contributed by atoms with Crippen molar-refractivity contribution in [2.45, 2.75) is 11.8 Å². The van der Waals surface area contributed by atoms with Crippen LogP contribution in [0.1, 0.15) is 15.9 Å². The molecule has 0 aliphatic heterocycles. The van der Waals surface area contributed by atoms with Gasteiger partial charge in [0.2, 0.25) is 0 Å². The van der Waals surface area contributed by atoms with Crippen LogP contribution in [0.15, 0.2) is 95.9 Å². The fourth-order valence-electron chi connectivity index (χ4n) is 3.39. The van der Waals surface area contributed by atoms with Crippen LogP contribution in [0.2, 0.25) is 0 Å². The predicted molar refractivity (Wildman–Crippen MR) is 125 cm³/mol. The molecule has 0 saturated carbocycles. The van der Waals surface area contributed by atoms with E-state index in [0.717, 1.165) is 16.3 Å². The number of carbonyl (C=O) groups excluding carboxylic acids is 1. The Morgan fingerprint density at radius 1 is 0.806 bits per heavy atom. The third-order valence-electron chi connectivity index (χ3n) is 5.13. The summed E-state index contributed by atoms with van der Waals surface area (Å²) in [7, 11) is -2.31. The van der Waals surface area contributed by atoms with E-state index in [0.29, 0.717) is 11.4 Å². The Kier molecular flexibility index (Phi) is 5.48. The number of hydrogen-bond donors (Lipinski definition) is 1. The monoisotopic (exact) mass is 430 g/mol. The SMILES string of the molecule is Cc1cccc(N(C)S(=O)(=O)c2cccc(C(=O)Nc3ccc4ccccc4c3)c2)c1. The van der Waals surface area contributed by atoms with E-state index >= 15 is 0 Å². The van der Waals surface area contributed by atoms with Crippen molar-refractivity contribution in [3.63, 3.8) is 0 Å². The van der Waals surface area contributed by atoms with Crippen molar-refractivity contribution in [2.24, 2.45) is 0 Å². The van der Waals surface area contributed by atoms with Crippen molar-refractivity contribution >= 4 is 38.1 Å². The van der Waals surface area contributed by atoms with E-state index in [2.05, 4.69) is 5.32 Å². The van der Waals surface area contributed by atoms with Crippen LogP contribution in [0, 0.1) is 6.92 Å². The molecule has 0 fully saturated rings. The van der Waals surface area contributed by atoms with E-state index in [1.54, 1.807) is 24.3 Å². The minimum Gasteiger partial charge on any atom is -0.322 e. The quantitative estimate of drug-likeness (QED) is 0.472. The van der Waals surface area contributed by atoms with Crippen molar-refractivity contribution in [3.05, 3.63) is 102 Å². The number of rotatable bonds is 5. The molecule has 0 heterocycles. The molecule has 0 bridgehead atoms. The third-order valence-corrected chi connectivity index (χ3v) is 6.91. The van der Waals surface area contributed by atoms with Crippen LogP contribution in [0.5, 0.6) is 0 Å². The van der Waals surface area contributed by atoms with Crippen molar-refractivity contribution in [1.82, 2.24) is 0 Å². The molecule has 0 saturated heterocycles. The maximum absolute atomic E-state index is 13.1. The molecule has 0 unspecified atom stereocenters. The molecule has 4 rings (SSSR count). The number of hydrogen-bond acceptors (Lipinski definition) is 3. The van der Waals surface area contributed by atoms with Crippen LogP contribution in [-0.4, -0.2) is 21.4 Å². The summed E-state index contributed by atoms with van der Waals surface area (Å²) < 4.78 is 27.5. The Morgan fingerprint density at radius 3 is 2.32 bits per heavy atom. The summed E-state index contributed by atoms with van der Waals surface area (Å²) in [6.07, 6.45) is 0. The molecular weight excluding hydrogens is 408 g/mol. The maximum Gasteiger partial charge on any atom is 0.264 e. The number of benzene rings is 4. The standard InChI is InChI=1S/C25H22N2O3S/c1-18-7-5-11-23(15-18)27(2)31(29,30)24-12-6-10-21(17-24)25(28)26-22-14-13-19-8-3-4-9-20(19)16-22/h3-17H,1-2H3,(H,26,28). The summed E-state index contributed by atoms with van der Waals surface area (Å²) in [6, 6.07) is 26.8. The van der Waals surface area contributed by atoms with Crippen LogP contribution in [0.3, 0.4) is 0 Å². The number of fused-ring (bicyclic) bond motifs is 1. The zero-order valence-corrected chi connectivity index (χ0v) is 18.1. The van der Waals surface area contributed by atoms with Crippen molar-refractivity contribution < 1.29 is 13.2 Å². The average molecular weight is 431 g/mol. The van der Waals surface area contributed by atoms with Gasteiger partial charge in [-0.15, -0.1) is 0 Å². The molecule has 4 aromatic rings. The van der Waals surface area contributed by atoms with E-state index < -0.39 is 10.0 Å². The Hall–Kier alpha value is -3.64. The van der Waals surface area contributed by atoms with Crippen molar-refractivity contribution in [1.29, 1.82) is 0 Å². The first kappa shape index (κ1) is 20.6. The van der Waals surface area contributed by atoms with Gasteiger partial charge in [-0.3, -0.25) is 9.10 Å². The summed E-state index contributed by atoms with van der Waals surface area (Å²) in [5.41, 5.74) is 2.44. The normalized spacial score (nSPS) is 11.3. The van der Waals surface area contributed by atoms with Gasteiger partial charge in [0.1, 0.15) is 0 Å². The van der Waals surface area contributed by atoms with Gasteiger partial charge in [0.15, 0.2) is 0 Å². The van der Waals surface area contributed by atoms with Gasteiger partial charge >= 0.3 is 0 Å². The second-order valence-electron chi connectivity index (χ2n) is 7.36. The molecule has 1 N–H and O–H groups in total. The first-order valence-electron chi connectivity index (χ1n) is 9.80. The molecule has 1 amide bonds. The van der Waals surface area contributed by atoms with Crippen LogP contribution in [0.4, 0.5) is 11.4 Å². The van der Waals surface area contributed by atoms with Gasteiger partial charge in [-0.25, -0.2) is 8.42 Å². The lowest BCUT2D eigenvalue weighted by Crippen LogP contribution is -2.27. The Labute approximate surface area is 182 Å².